The van der Waals surface area contributed by atoms with Gasteiger partial charge < -0.3 is 9.63 Å². The van der Waals surface area contributed by atoms with Gasteiger partial charge in [-0.05, 0) is 40.2 Å². The second-order valence-electron chi connectivity index (χ2n) is 3.98. The number of aromatic hydroxyl groups is 1. The highest BCUT2D eigenvalue weighted by Crippen LogP contribution is 2.30. The first-order valence-electron chi connectivity index (χ1n) is 5.57. The molecule has 2 aromatic heterocycles. The summed E-state index contributed by atoms with van der Waals surface area (Å²) in [7, 11) is 0. The van der Waals surface area contributed by atoms with E-state index >= 15 is 0 Å². The van der Waals surface area contributed by atoms with Crippen molar-refractivity contribution < 1.29 is 14.0 Å². The Morgan fingerprint density at radius 3 is 2.85 bits per heavy atom. The van der Waals surface area contributed by atoms with Gasteiger partial charge in [0.15, 0.2) is 0 Å². The van der Waals surface area contributed by atoms with Crippen LogP contribution in [0.3, 0.4) is 0 Å². The number of phenols is 1. The van der Waals surface area contributed by atoms with Gasteiger partial charge in [0, 0.05) is 22.4 Å². The summed E-state index contributed by atoms with van der Waals surface area (Å²) in [4.78, 5) is 8.12. The summed E-state index contributed by atoms with van der Waals surface area (Å²) in [5.41, 5.74) is 0.789. The van der Waals surface area contributed by atoms with Gasteiger partial charge in [-0.2, -0.15) is 4.98 Å². The Labute approximate surface area is 121 Å². The minimum atomic E-state index is -0.498. The zero-order valence-corrected chi connectivity index (χ0v) is 11.5. The maximum atomic E-state index is 13.2. The van der Waals surface area contributed by atoms with Crippen molar-refractivity contribution in [2.45, 2.75) is 0 Å². The lowest BCUT2D eigenvalue weighted by Gasteiger charge is -1.98. The normalized spacial score (nSPS) is 10.7. The largest absolute Gasteiger partial charge is 0.507 e. The number of hydrogen-bond acceptors (Lipinski definition) is 5. The number of phenolic OH excluding ortho intramolecular Hbond substituents is 1. The van der Waals surface area contributed by atoms with Gasteiger partial charge in [0.25, 0.3) is 5.89 Å². The zero-order chi connectivity index (χ0) is 14.1. The van der Waals surface area contributed by atoms with Gasteiger partial charge in [-0.25, -0.2) is 4.39 Å². The minimum Gasteiger partial charge on any atom is -0.507 e. The van der Waals surface area contributed by atoms with Crippen LogP contribution in [0.2, 0.25) is 0 Å². The van der Waals surface area contributed by atoms with Crippen LogP contribution in [0.15, 0.2) is 45.7 Å². The maximum absolute atomic E-state index is 13.2. The summed E-state index contributed by atoms with van der Waals surface area (Å²) in [5, 5.41) is 13.5. The quantitative estimate of drug-likeness (QED) is 0.776. The summed E-state index contributed by atoms with van der Waals surface area (Å²) < 4.78 is 19.0. The first kappa shape index (κ1) is 12.7. The van der Waals surface area contributed by atoms with E-state index in [9.17, 15) is 9.50 Å². The molecule has 100 valence electrons. The topological polar surface area (TPSA) is 72.0 Å². The molecule has 0 fully saturated rings. The Bertz CT molecular complexity index is 776. The number of pyridine rings is 1. The molecule has 1 aromatic carbocycles. The molecule has 0 bridgehead atoms. The molecule has 0 saturated heterocycles. The summed E-state index contributed by atoms with van der Waals surface area (Å²) in [5.74, 6) is -0.287. The molecule has 0 aliphatic rings. The zero-order valence-electron chi connectivity index (χ0n) is 9.92. The second-order valence-corrected chi connectivity index (χ2v) is 4.89. The van der Waals surface area contributed by atoms with E-state index in [1.165, 1.54) is 6.07 Å². The van der Waals surface area contributed by atoms with E-state index in [1.54, 1.807) is 18.5 Å². The average Bonchev–Trinajstić information content (AvgIpc) is 2.91. The minimum absolute atomic E-state index is 0.0389. The third kappa shape index (κ3) is 2.39. The molecule has 5 nitrogen and oxygen atoms in total. The molecule has 0 saturated carbocycles. The first-order chi connectivity index (χ1) is 9.63. The van der Waals surface area contributed by atoms with Gasteiger partial charge in [-0.3, -0.25) is 4.98 Å². The van der Waals surface area contributed by atoms with Crippen molar-refractivity contribution in [2.24, 2.45) is 0 Å². The summed E-state index contributed by atoms with van der Waals surface area (Å²) in [6.07, 6.45) is 3.20. The molecule has 1 N–H and O–H groups in total. The second kappa shape index (κ2) is 5.01. The fourth-order valence-corrected chi connectivity index (χ4v) is 2.03. The molecule has 0 amide bonds. The van der Waals surface area contributed by atoms with Gasteiger partial charge in [0.2, 0.25) is 5.82 Å². The molecular formula is C13H7BrFN3O2. The monoisotopic (exact) mass is 335 g/mol. The van der Waals surface area contributed by atoms with Crippen molar-refractivity contribution in [2.75, 3.05) is 0 Å². The van der Waals surface area contributed by atoms with Crippen LogP contribution >= 0.6 is 15.9 Å². The lowest BCUT2D eigenvalue weighted by molar-refractivity contribution is 0.425. The highest BCUT2D eigenvalue weighted by Gasteiger charge is 2.15. The average molecular weight is 336 g/mol. The molecule has 3 rings (SSSR count). The van der Waals surface area contributed by atoms with Crippen LogP contribution in [0.4, 0.5) is 4.39 Å². The molecule has 7 heteroatoms. The van der Waals surface area contributed by atoms with Crippen LogP contribution in [0, 0.1) is 5.82 Å². The standard InChI is InChI=1S/C13H7BrFN3O2/c14-8-3-7(5-16-6-8)12-17-13(20-18-12)10-4-9(15)1-2-11(10)19/h1-6,19H. The number of benzene rings is 1. The smallest absolute Gasteiger partial charge is 0.262 e. The highest BCUT2D eigenvalue weighted by atomic mass is 79.9. The molecule has 2 heterocycles. The van der Waals surface area contributed by atoms with Gasteiger partial charge in [-0.15, -0.1) is 0 Å². The molecule has 0 unspecified atom stereocenters. The van der Waals surface area contributed by atoms with Crippen LogP contribution < -0.4 is 0 Å². The molecule has 0 radical (unpaired) electrons. The van der Waals surface area contributed by atoms with Crippen LogP contribution in [0.25, 0.3) is 22.8 Å². The third-order valence-corrected chi connectivity index (χ3v) is 3.01. The number of hydrogen-bond donors (Lipinski definition) is 1. The molecule has 20 heavy (non-hydrogen) atoms. The number of aromatic nitrogens is 3. The molecule has 0 atom stereocenters. The highest BCUT2D eigenvalue weighted by molar-refractivity contribution is 9.10. The molecule has 0 aliphatic carbocycles. The Kier molecular flexibility index (Phi) is 3.19. The van der Waals surface area contributed by atoms with Crippen molar-refractivity contribution in [1.29, 1.82) is 0 Å². The van der Waals surface area contributed by atoms with Gasteiger partial charge >= 0.3 is 0 Å². The fraction of sp³-hybridized carbons (Fsp3) is 0. The Hall–Kier alpha value is -2.28. The Balaban J connectivity index is 2.04. The van der Waals surface area contributed by atoms with Crippen LogP contribution in [-0.4, -0.2) is 20.2 Å². The van der Waals surface area contributed by atoms with Crippen LogP contribution in [0.5, 0.6) is 5.75 Å². The van der Waals surface area contributed by atoms with E-state index in [2.05, 4.69) is 31.1 Å². The van der Waals surface area contributed by atoms with Crippen molar-refractivity contribution >= 4 is 15.9 Å². The van der Waals surface area contributed by atoms with Crippen molar-refractivity contribution in [3.05, 3.63) is 46.9 Å². The van der Waals surface area contributed by atoms with Crippen molar-refractivity contribution in [3.63, 3.8) is 0 Å². The van der Waals surface area contributed by atoms with Crippen molar-refractivity contribution in [1.82, 2.24) is 15.1 Å². The predicted molar refractivity (Wildman–Crippen MR) is 72.3 cm³/mol. The van der Waals surface area contributed by atoms with E-state index in [0.717, 1.165) is 16.6 Å². The predicted octanol–water partition coefficient (Wildman–Crippen LogP) is 3.41. The Morgan fingerprint density at radius 1 is 1.20 bits per heavy atom. The molecule has 0 aliphatic heterocycles. The first-order valence-corrected chi connectivity index (χ1v) is 6.36. The summed E-state index contributed by atoms with van der Waals surface area (Å²) in [6, 6.07) is 5.28. The molecule has 0 spiro atoms. The Morgan fingerprint density at radius 2 is 2.05 bits per heavy atom. The molecular weight excluding hydrogens is 329 g/mol. The van der Waals surface area contributed by atoms with Crippen LogP contribution in [-0.2, 0) is 0 Å². The summed E-state index contributed by atoms with van der Waals surface area (Å²) in [6.45, 7) is 0. The molecule has 3 aromatic rings. The number of halogens is 2. The van der Waals surface area contributed by atoms with Gasteiger partial charge in [-0.1, -0.05) is 5.16 Å². The van der Waals surface area contributed by atoms with E-state index < -0.39 is 5.82 Å². The van der Waals surface area contributed by atoms with Gasteiger partial charge in [0.1, 0.15) is 11.6 Å². The maximum Gasteiger partial charge on any atom is 0.262 e. The number of nitrogens with zero attached hydrogens (tertiary/aromatic N) is 3. The van der Waals surface area contributed by atoms with Crippen molar-refractivity contribution in [3.8, 4) is 28.6 Å². The van der Waals surface area contributed by atoms with Gasteiger partial charge in [0.05, 0.1) is 5.56 Å². The number of rotatable bonds is 2. The van der Waals surface area contributed by atoms with E-state index in [0.29, 0.717) is 11.4 Å². The van der Waals surface area contributed by atoms with E-state index in [1.807, 2.05) is 0 Å². The third-order valence-electron chi connectivity index (χ3n) is 2.58. The summed E-state index contributed by atoms with van der Waals surface area (Å²) >= 11 is 3.29. The van der Waals surface area contributed by atoms with Crippen LogP contribution in [0.1, 0.15) is 0 Å². The van der Waals surface area contributed by atoms with E-state index in [4.69, 9.17) is 4.52 Å². The van der Waals surface area contributed by atoms with E-state index in [-0.39, 0.29) is 17.2 Å². The lowest BCUT2D eigenvalue weighted by atomic mass is 10.2. The fourth-order valence-electron chi connectivity index (χ4n) is 1.66. The lowest BCUT2D eigenvalue weighted by Crippen LogP contribution is -1.84. The SMILES string of the molecule is Oc1ccc(F)cc1-c1nc(-c2cncc(Br)c2)no1.